The zero-order chi connectivity index (χ0) is 12.1. The van der Waals surface area contributed by atoms with Gasteiger partial charge in [-0.05, 0) is 24.6 Å². The fourth-order valence-corrected chi connectivity index (χ4v) is 2.85. The third-order valence-corrected chi connectivity index (χ3v) is 3.54. The van der Waals surface area contributed by atoms with Crippen molar-refractivity contribution >= 4 is 31.9 Å². The van der Waals surface area contributed by atoms with Crippen LogP contribution in [-0.4, -0.2) is 29.5 Å². The quantitative estimate of drug-likeness (QED) is 0.761. The second-order valence-corrected chi connectivity index (χ2v) is 5.39. The highest BCUT2D eigenvalue weighted by molar-refractivity contribution is 9.11. The third kappa shape index (κ3) is 3.82. The Balaban J connectivity index is 2.76. The van der Waals surface area contributed by atoms with Crippen molar-refractivity contribution in [2.24, 2.45) is 0 Å². The van der Waals surface area contributed by atoms with Gasteiger partial charge in [0.1, 0.15) is 0 Å². The normalized spacial score (nSPS) is 13.1. The van der Waals surface area contributed by atoms with Crippen molar-refractivity contribution in [2.75, 3.05) is 13.2 Å². The molecule has 90 valence electrons. The van der Waals surface area contributed by atoms with E-state index in [1.54, 1.807) is 0 Å². The van der Waals surface area contributed by atoms with E-state index in [2.05, 4.69) is 37.2 Å². The molecule has 0 aromatic heterocycles. The minimum Gasteiger partial charge on any atom is -0.395 e. The Labute approximate surface area is 112 Å². The van der Waals surface area contributed by atoms with E-state index in [0.29, 0.717) is 0 Å². The van der Waals surface area contributed by atoms with E-state index in [4.69, 9.17) is 10.2 Å². The molecule has 1 unspecified atom stereocenters. The minimum atomic E-state index is -0.287. The van der Waals surface area contributed by atoms with Crippen LogP contribution in [0.2, 0.25) is 0 Å². The molecule has 0 radical (unpaired) electrons. The summed E-state index contributed by atoms with van der Waals surface area (Å²) in [6.45, 7) is 1.84. The van der Waals surface area contributed by atoms with E-state index < -0.39 is 0 Å². The van der Waals surface area contributed by atoms with Crippen LogP contribution in [0.5, 0.6) is 0 Å². The number of hydrogen-bond acceptors (Lipinski definition) is 3. The highest BCUT2D eigenvalue weighted by atomic mass is 79.9. The first-order chi connectivity index (χ1) is 7.58. The molecule has 1 aromatic rings. The molecule has 0 fully saturated rings. The largest absolute Gasteiger partial charge is 0.395 e. The van der Waals surface area contributed by atoms with Gasteiger partial charge in [-0.15, -0.1) is 0 Å². The summed E-state index contributed by atoms with van der Waals surface area (Å²) in [6, 6.07) is 5.71. The molecular formula is C11H15Br2NO2. The monoisotopic (exact) mass is 351 g/mol. The molecule has 16 heavy (non-hydrogen) atoms. The third-order valence-electron chi connectivity index (χ3n) is 2.36. The van der Waals surface area contributed by atoms with Gasteiger partial charge in [0.15, 0.2) is 0 Å². The Morgan fingerprint density at radius 2 is 1.88 bits per heavy atom. The van der Waals surface area contributed by atoms with Gasteiger partial charge in [0.2, 0.25) is 0 Å². The molecule has 3 nitrogen and oxygen atoms in total. The van der Waals surface area contributed by atoms with Crippen molar-refractivity contribution in [3.05, 3.63) is 32.7 Å². The molecule has 0 bridgehead atoms. The predicted octanol–water partition coefficient (Wildman–Crippen LogP) is 2.22. The second kappa shape index (κ2) is 6.71. The van der Waals surface area contributed by atoms with Gasteiger partial charge >= 0.3 is 0 Å². The molecule has 1 aromatic carbocycles. The van der Waals surface area contributed by atoms with Crippen LogP contribution in [0, 0.1) is 0 Å². The van der Waals surface area contributed by atoms with Gasteiger partial charge < -0.3 is 15.5 Å². The van der Waals surface area contributed by atoms with E-state index in [0.717, 1.165) is 14.5 Å². The lowest BCUT2D eigenvalue weighted by atomic mass is 10.1. The maximum Gasteiger partial charge on any atom is 0.0607 e. The van der Waals surface area contributed by atoms with Crippen LogP contribution >= 0.6 is 31.9 Å². The van der Waals surface area contributed by atoms with Crippen molar-refractivity contribution < 1.29 is 10.2 Å². The van der Waals surface area contributed by atoms with E-state index in [1.807, 2.05) is 25.1 Å². The molecule has 0 heterocycles. The fourth-order valence-electron chi connectivity index (χ4n) is 1.46. The van der Waals surface area contributed by atoms with Gasteiger partial charge in [-0.25, -0.2) is 0 Å². The molecule has 3 N–H and O–H groups in total. The first-order valence-electron chi connectivity index (χ1n) is 5.01. The number of halogens is 2. The van der Waals surface area contributed by atoms with Gasteiger partial charge in [0.25, 0.3) is 0 Å². The minimum absolute atomic E-state index is 0.0618. The highest BCUT2D eigenvalue weighted by Crippen LogP contribution is 2.26. The molecule has 0 amide bonds. The first kappa shape index (κ1) is 14.1. The molecule has 0 saturated heterocycles. The Morgan fingerprint density at radius 3 is 2.38 bits per heavy atom. The summed E-state index contributed by atoms with van der Waals surface area (Å²) >= 11 is 6.88. The van der Waals surface area contributed by atoms with E-state index in [1.165, 1.54) is 0 Å². The van der Waals surface area contributed by atoms with Crippen LogP contribution in [0.4, 0.5) is 0 Å². The van der Waals surface area contributed by atoms with Gasteiger partial charge in [-0.3, -0.25) is 0 Å². The Kier molecular flexibility index (Phi) is 5.92. The van der Waals surface area contributed by atoms with E-state index >= 15 is 0 Å². The number of nitrogens with one attached hydrogen (secondary N) is 1. The average Bonchev–Trinajstić information content (AvgIpc) is 2.25. The maximum absolute atomic E-state index is 8.99. The van der Waals surface area contributed by atoms with Crippen LogP contribution < -0.4 is 5.32 Å². The molecule has 1 atom stereocenters. The molecule has 0 saturated carbocycles. The van der Waals surface area contributed by atoms with Gasteiger partial charge in [-0.2, -0.15) is 0 Å². The zero-order valence-electron chi connectivity index (χ0n) is 8.95. The first-order valence-corrected chi connectivity index (χ1v) is 6.59. The molecule has 0 spiro atoms. The van der Waals surface area contributed by atoms with Crippen molar-refractivity contribution in [1.82, 2.24) is 5.32 Å². The predicted molar refractivity (Wildman–Crippen MR) is 71.4 cm³/mol. The topological polar surface area (TPSA) is 52.5 Å². The lowest BCUT2D eigenvalue weighted by Gasteiger charge is -2.21. The summed E-state index contributed by atoms with van der Waals surface area (Å²) < 4.78 is 2.01. The van der Waals surface area contributed by atoms with Crippen LogP contribution in [0.3, 0.4) is 0 Å². The molecule has 0 aliphatic rings. The average molecular weight is 353 g/mol. The number of aliphatic hydroxyl groups excluding tert-OH is 2. The molecule has 0 aliphatic heterocycles. The molecule has 5 heteroatoms. The zero-order valence-corrected chi connectivity index (χ0v) is 12.1. The van der Waals surface area contributed by atoms with Crippen LogP contribution in [-0.2, 0) is 0 Å². The number of rotatable bonds is 5. The highest BCUT2D eigenvalue weighted by Gasteiger charge is 2.13. The van der Waals surface area contributed by atoms with E-state index in [9.17, 15) is 0 Å². The summed E-state index contributed by atoms with van der Waals surface area (Å²) in [7, 11) is 0. The SMILES string of the molecule is CC(NC(CO)CO)c1ccc(Br)cc1Br. The molecular weight excluding hydrogens is 338 g/mol. The van der Waals surface area contributed by atoms with Gasteiger partial charge in [0.05, 0.1) is 19.3 Å². The maximum atomic E-state index is 8.99. The standard InChI is InChI=1S/C11H15Br2NO2/c1-7(14-9(5-15)6-16)10-3-2-8(12)4-11(10)13/h2-4,7,9,14-16H,5-6H2,1H3. The second-order valence-electron chi connectivity index (χ2n) is 3.62. The number of hydrogen-bond donors (Lipinski definition) is 3. The fraction of sp³-hybridized carbons (Fsp3) is 0.455. The summed E-state index contributed by atoms with van der Waals surface area (Å²) in [4.78, 5) is 0. The summed E-state index contributed by atoms with van der Waals surface area (Å²) in [5.74, 6) is 0. The van der Waals surface area contributed by atoms with Gasteiger partial charge in [0, 0.05) is 15.0 Å². The number of aliphatic hydroxyl groups is 2. The lowest BCUT2D eigenvalue weighted by Crippen LogP contribution is -2.37. The smallest absolute Gasteiger partial charge is 0.0607 e. The van der Waals surface area contributed by atoms with E-state index in [-0.39, 0.29) is 25.3 Å². The van der Waals surface area contributed by atoms with Crippen LogP contribution in [0.15, 0.2) is 27.1 Å². The molecule has 0 aliphatic carbocycles. The van der Waals surface area contributed by atoms with Crippen molar-refractivity contribution in [2.45, 2.75) is 19.0 Å². The summed E-state index contributed by atoms with van der Waals surface area (Å²) in [5, 5.41) is 21.1. The Bertz CT molecular complexity index is 343. The number of benzene rings is 1. The Hall–Kier alpha value is 0.0600. The van der Waals surface area contributed by atoms with Crippen molar-refractivity contribution in [1.29, 1.82) is 0 Å². The summed E-state index contributed by atoms with van der Waals surface area (Å²) in [5.41, 5.74) is 1.09. The molecule has 1 rings (SSSR count). The van der Waals surface area contributed by atoms with Crippen molar-refractivity contribution in [3.63, 3.8) is 0 Å². The lowest BCUT2D eigenvalue weighted by molar-refractivity contribution is 0.163. The Morgan fingerprint density at radius 1 is 1.25 bits per heavy atom. The van der Waals surface area contributed by atoms with Crippen molar-refractivity contribution in [3.8, 4) is 0 Å². The van der Waals surface area contributed by atoms with Crippen LogP contribution in [0.25, 0.3) is 0 Å². The van der Waals surface area contributed by atoms with Gasteiger partial charge in [-0.1, -0.05) is 37.9 Å². The summed E-state index contributed by atoms with van der Waals surface area (Å²) in [6.07, 6.45) is 0. The van der Waals surface area contributed by atoms with Crippen LogP contribution in [0.1, 0.15) is 18.5 Å².